The minimum absolute atomic E-state index is 0.192. The van der Waals surface area contributed by atoms with Gasteiger partial charge in [-0.3, -0.25) is 9.59 Å². The largest absolute Gasteiger partial charge is 0.493 e. The number of halogens is 1. The SMILES string of the molecule is COc1cc(C(=O)NCC(=O)NC2CCOc3ccc(Cl)cc32)cc(OC)c1OC. The van der Waals surface area contributed by atoms with E-state index in [1.165, 1.54) is 33.5 Å². The maximum Gasteiger partial charge on any atom is 0.251 e. The van der Waals surface area contributed by atoms with Gasteiger partial charge in [0.2, 0.25) is 11.7 Å². The number of methoxy groups -OCH3 is 3. The summed E-state index contributed by atoms with van der Waals surface area (Å²) in [7, 11) is 4.40. The van der Waals surface area contributed by atoms with Crippen molar-refractivity contribution in [3.8, 4) is 23.0 Å². The molecule has 160 valence electrons. The van der Waals surface area contributed by atoms with Crippen LogP contribution >= 0.6 is 11.6 Å². The first kappa shape index (κ1) is 21.6. The molecule has 2 N–H and O–H groups in total. The highest BCUT2D eigenvalue weighted by Crippen LogP contribution is 2.38. The van der Waals surface area contributed by atoms with Crippen molar-refractivity contribution in [1.29, 1.82) is 0 Å². The number of benzene rings is 2. The second-order valence-electron chi connectivity index (χ2n) is 6.54. The van der Waals surface area contributed by atoms with Crippen molar-refractivity contribution in [2.75, 3.05) is 34.5 Å². The van der Waals surface area contributed by atoms with Gasteiger partial charge in [0.25, 0.3) is 5.91 Å². The van der Waals surface area contributed by atoms with E-state index in [9.17, 15) is 9.59 Å². The molecule has 9 heteroatoms. The number of carbonyl (C=O) groups is 2. The third kappa shape index (κ3) is 4.71. The zero-order valence-electron chi connectivity index (χ0n) is 16.9. The van der Waals surface area contributed by atoms with E-state index in [1.807, 2.05) is 0 Å². The van der Waals surface area contributed by atoms with Gasteiger partial charge < -0.3 is 29.6 Å². The van der Waals surface area contributed by atoms with Crippen LogP contribution in [-0.2, 0) is 4.79 Å². The second-order valence-corrected chi connectivity index (χ2v) is 6.97. The molecule has 1 aliphatic rings. The van der Waals surface area contributed by atoms with E-state index in [0.717, 1.165) is 5.56 Å². The van der Waals surface area contributed by atoms with Crippen LogP contribution in [0.25, 0.3) is 0 Å². The molecule has 0 radical (unpaired) electrons. The molecule has 30 heavy (non-hydrogen) atoms. The van der Waals surface area contributed by atoms with Crippen molar-refractivity contribution in [2.24, 2.45) is 0 Å². The van der Waals surface area contributed by atoms with E-state index < -0.39 is 5.91 Å². The average Bonchev–Trinajstić information content (AvgIpc) is 2.76. The fraction of sp³-hybridized carbons (Fsp3) is 0.333. The molecule has 0 aliphatic carbocycles. The Balaban J connectivity index is 1.65. The maximum atomic E-state index is 12.5. The summed E-state index contributed by atoms with van der Waals surface area (Å²) in [5.41, 5.74) is 1.10. The fourth-order valence-corrected chi connectivity index (χ4v) is 3.42. The van der Waals surface area contributed by atoms with Crippen LogP contribution in [0.2, 0.25) is 5.02 Å². The van der Waals surface area contributed by atoms with Crippen molar-refractivity contribution in [1.82, 2.24) is 10.6 Å². The Labute approximate surface area is 179 Å². The van der Waals surface area contributed by atoms with Gasteiger partial charge in [0.15, 0.2) is 11.5 Å². The normalized spacial score (nSPS) is 14.7. The third-order valence-corrected chi connectivity index (χ3v) is 4.92. The van der Waals surface area contributed by atoms with E-state index in [4.69, 9.17) is 30.5 Å². The van der Waals surface area contributed by atoms with Crippen LogP contribution in [0.15, 0.2) is 30.3 Å². The highest BCUT2D eigenvalue weighted by Gasteiger charge is 2.24. The van der Waals surface area contributed by atoms with E-state index in [0.29, 0.717) is 41.0 Å². The monoisotopic (exact) mass is 434 g/mol. The average molecular weight is 435 g/mol. The lowest BCUT2D eigenvalue weighted by molar-refractivity contribution is -0.121. The fourth-order valence-electron chi connectivity index (χ4n) is 3.24. The third-order valence-electron chi connectivity index (χ3n) is 4.68. The minimum Gasteiger partial charge on any atom is -0.493 e. The van der Waals surface area contributed by atoms with Crippen LogP contribution in [0.3, 0.4) is 0 Å². The molecule has 1 atom stereocenters. The first-order chi connectivity index (χ1) is 14.5. The zero-order chi connectivity index (χ0) is 21.7. The van der Waals surface area contributed by atoms with Gasteiger partial charge in [-0.1, -0.05) is 11.6 Å². The van der Waals surface area contributed by atoms with Crippen LogP contribution < -0.4 is 29.6 Å². The Kier molecular flexibility index (Phi) is 6.89. The second kappa shape index (κ2) is 9.58. The molecule has 0 fully saturated rings. The van der Waals surface area contributed by atoms with Crippen LogP contribution in [0.5, 0.6) is 23.0 Å². The highest BCUT2D eigenvalue weighted by molar-refractivity contribution is 6.30. The van der Waals surface area contributed by atoms with Gasteiger partial charge >= 0.3 is 0 Å². The van der Waals surface area contributed by atoms with Gasteiger partial charge in [-0.15, -0.1) is 0 Å². The molecule has 1 unspecified atom stereocenters. The molecule has 1 aliphatic heterocycles. The van der Waals surface area contributed by atoms with Gasteiger partial charge in [-0.05, 0) is 30.3 Å². The van der Waals surface area contributed by atoms with Crippen LogP contribution in [0, 0.1) is 0 Å². The summed E-state index contributed by atoms with van der Waals surface area (Å²) >= 11 is 6.07. The molecule has 2 aromatic rings. The Bertz CT molecular complexity index is 924. The summed E-state index contributed by atoms with van der Waals surface area (Å²) in [5, 5.41) is 6.08. The van der Waals surface area contributed by atoms with E-state index in [-0.39, 0.29) is 24.1 Å². The standard InChI is InChI=1S/C21H23ClN2O6/c1-27-17-8-12(9-18(28-2)20(17)29-3)21(26)23-11-19(25)24-15-6-7-30-16-5-4-13(22)10-14(15)16/h4-5,8-10,15H,6-7,11H2,1-3H3,(H,23,26)(H,24,25). The molecule has 0 spiro atoms. The lowest BCUT2D eigenvalue weighted by Gasteiger charge is -2.27. The summed E-state index contributed by atoms with van der Waals surface area (Å²) in [6, 6.07) is 8.09. The number of amides is 2. The quantitative estimate of drug-likeness (QED) is 0.695. The highest BCUT2D eigenvalue weighted by atomic mass is 35.5. The Morgan fingerprint density at radius 3 is 2.43 bits per heavy atom. The first-order valence-corrected chi connectivity index (χ1v) is 9.64. The molecule has 3 rings (SSSR count). The summed E-state index contributed by atoms with van der Waals surface area (Å²) in [5.74, 6) is 1.00. The van der Waals surface area contributed by atoms with Gasteiger partial charge in [0, 0.05) is 22.6 Å². The molecule has 0 aromatic heterocycles. The van der Waals surface area contributed by atoms with Crippen molar-refractivity contribution in [3.63, 3.8) is 0 Å². The number of carbonyl (C=O) groups excluding carboxylic acids is 2. The minimum atomic E-state index is -0.445. The summed E-state index contributed by atoms with van der Waals surface area (Å²) in [6.07, 6.45) is 0.611. The van der Waals surface area contributed by atoms with Crippen molar-refractivity contribution in [3.05, 3.63) is 46.5 Å². The number of fused-ring (bicyclic) bond motifs is 1. The predicted molar refractivity (Wildman–Crippen MR) is 111 cm³/mol. The molecule has 0 saturated heterocycles. The number of nitrogens with one attached hydrogen (secondary N) is 2. The number of hydrogen-bond donors (Lipinski definition) is 2. The van der Waals surface area contributed by atoms with E-state index in [1.54, 1.807) is 18.2 Å². The summed E-state index contributed by atoms with van der Waals surface area (Å²) < 4.78 is 21.3. The molecular weight excluding hydrogens is 412 g/mol. The predicted octanol–water partition coefficient (Wildman–Crippen LogP) is 2.74. The van der Waals surface area contributed by atoms with Gasteiger partial charge in [0.1, 0.15) is 5.75 Å². The summed E-state index contributed by atoms with van der Waals surface area (Å²) in [4.78, 5) is 25.0. The molecule has 1 heterocycles. The maximum absolute atomic E-state index is 12.5. The molecule has 8 nitrogen and oxygen atoms in total. The van der Waals surface area contributed by atoms with Gasteiger partial charge in [0.05, 0.1) is 40.5 Å². The smallest absolute Gasteiger partial charge is 0.251 e. The zero-order valence-corrected chi connectivity index (χ0v) is 17.7. The number of ether oxygens (including phenoxy) is 4. The van der Waals surface area contributed by atoms with Crippen molar-refractivity contribution in [2.45, 2.75) is 12.5 Å². The number of hydrogen-bond acceptors (Lipinski definition) is 6. The van der Waals surface area contributed by atoms with Crippen LogP contribution in [0.4, 0.5) is 0 Å². The molecular formula is C21H23ClN2O6. The topological polar surface area (TPSA) is 95.1 Å². The Morgan fingerprint density at radius 2 is 1.80 bits per heavy atom. The van der Waals surface area contributed by atoms with Crippen LogP contribution in [-0.4, -0.2) is 46.3 Å². The Morgan fingerprint density at radius 1 is 1.10 bits per heavy atom. The van der Waals surface area contributed by atoms with E-state index in [2.05, 4.69) is 10.6 Å². The van der Waals surface area contributed by atoms with Gasteiger partial charge in [-0.2, -0.15) is 0 Å². The number of rotatable bonds is 7. The molecule has 0 saturated carbocycles. The van der Waals surface area contributed by atoms with Gasteiger partial charge in [-0.25, -0.2) is 0 Å². The van der Waals surface area contributed by atoms with Crippen molar-refractivity contribution >= 4 is 23.4 Å². The molecule has 2 amide bonds. The van der Waals surface area contributed by atoms with Crippen molar-refractivity contribution < 1.29 is 28.5 Å². The molecule has 0 bridgehead atoms. The summed E-state index contributed by atoms with van der Waals surface area (Å²) in [6.45, 7) is 0.292. The lowest BCUT2D eigenvalue weighted by atomic mass is 10.0. The molecule has 2 aromatic carbocycles. The first-order valence-electron chi connectivity index (χ1n) is 9.26. The lowest BCUT2D eigenvalue weighted by Crippen LogP contribution is -2.40. The van der Waals surface area contributed by atoms with E-state index >= 15 is 0 Å². The van der Waals surface area contributed by atoms with Crippen LogP contribution in [0.1, 0.15) is 28.4 Å². The Hall–Kier alpha value is -3.13.